The quantitative estimate of drug-likeness (QED) is 0.440. The Labute approximate surface area is 220 Å². The second kappa shape index (κ2) is 9.38. The fraction of sp³-hybridized carbons (Fsp3) is 0.654. The topological polar surface area (TPSA) is 98.7 Å². The molecule has 35 heavy (non-hydrogen) atoms. The smallest absolute Gasteiger partial charge is 0.244 e. The summed E-state index contributed by atoms with van der Waals surface area (Å²) < 4.78 is -0.717. The molecule has 2 bridgehead atoms. The number of anilines is 1. The zero-order chi connectivity index (χ0) is 25.8. The summed E-state index contributed by atoms with van der Waals surface area (Å²) >= 11 is 5.37. The maximum Gasteiger partial charge on any atom is 0.244 e. The molecular weight excluding hydrogens is 530 g/mol. The van der Waals surface area contributed by atoms with Gasteiger partial charge in [-0.2, -0.15) is 0 Å². The highest BCUT2D eigenvalue weighted by atomic mass is 79.9. The first-order valence-electron chi connectivity index (χ1n) is 12.2. The Bertz CT molecular complexity index is 998. The van der Waals surface area contributed by atoms with Gasteiger partial charge in [0.2, 0.25) is 17.7 Å². The number of nitrogens with one attached hydrogen (secondary N) is 2. The van der Waals surface area contributed by atoms with Crippen molar-refractivity contribution in [2.75, 3.05) is 18.5 Å². The van der Waals surface area contributed by atoms with E-state index in [1.54, 1.807) is 11.8 Å². The molecule has 0 aliphatic carbocycles. The van der Waals surface area contributed by atoms with Gasteiger partial charge in [0.05, 0.1) is 23.2 Å². The SMILES string of the molecule is CC(C)(C)CC(C)(C)NC(=O)C1N(CCO)C(=O)[C@@H]2[C@@H](C(=O)Nc3ccccc3)[C@@H]3SC12CC3Br. The number of halogens is 1. The van der Waals surface area contributed by atoms with E-state index in [1.165, 1.54) is 4.90 Å². The monoisotopic (exact) mass is 565 g/mol. The normalized spacial score (nSPS) is 32.0. The van der Waals surface area contributed by atoms with Gasteiger partial charge in [-0.15, -0.1) is 11.8 Å². The highest BCUT2D eigenvalue weighted by molar-refractivity contribution is 9.09. The Morgan fingerprint density at radius 1 is 1.17 bits per heavy atom. The standard InChI is InChI=1S/C26H36BrN3O4S/c1-24(2,3)14-25(4,5)29-22(33)20-26-13-16(27)19(35-26)17(18(26)23(34)30(20)11-12-31)21(32)28-15-9-7-6-8-10-15/h6-10,16-20,31H,11-14H2,1-5H3,(H,28,32)(H,29,33)/t16?,17-,18+,19-,20?,26?/m1/s1. The number of nitrogens with zero attached hydrogens (tertiary/aromatic N) is 1. The van der Waals surface area contributed by atoms with Gasteiger partial charge in [-0.1, -0.05) is 54.9 Å². The van der Waals surface area contributed by atoms with E-state index in [0.717, 1.165) is 6.42 Å². The van der Waals surface area contributed by atoms with Crippen molar-refractivity contribution in [2.24, 2.45) is 17.3 Å². The van der Waals surface area contributed by atoms with Crippen LogP contribution < -0.4 is 10.6 Å². The molecule has 4 rings (SSSR count). The minimum absolute atomic E-state index is 0.00929. The number of hydrogen-bond donors (Lipinski definition) is 3. The second-order valence-electron chi connectivity index (χ2n) is 11.9. The Morgan fingerprint density at radius 2 is 1.83 bits per heavy atom. The van der Waals surface area contributed by atoms with E-state index in [-0.39, 0.29) is 46.4 Å². The Morgan fingerprint density at radius 3 is 2.43 bits per heavy atom. The summed E-state index contributed by atoms with van der Waals surface area (Å²) in [6.07, 6.45) is 1.38. The molecular formula is C26H36BrN3O4S. The van der Waals surface area contributed by atoms with Gasteiger partial charge in [-0.25, -0.2) is 0 Å². The number of β-amino-alcohol motifs (C(OH)–C–C–N with tert-alkyl or cyclic N) is 1. The van der Waals surface area contributed by atoms with E-state index in [9.17, 15) is 19.5 Å². The minimum atomic E-state index is -0.740. The Kier molecular flexibility index (Phi) is 7.10. The zero-order valence-corrected chi connectivity index (χ0v) is 23.4. The minimum Gasteiger partial charge on any atom is -0.395 e. The third-order valence-electron chi connectivity index (χ3n) is 7.16. The van der Waals surface area contributed by atoms with Crippen LogP contribution in [0.4, 0.5) is 5.69 Å². The lowest BCUT2D eigenvalue weighted by atomic mass is 9.70. The predicted molar refractivity (Wildman–Crippen MR) is 142 cm³/mol. The van der Waals surface area contributed by atoms with Crippen molar-refractivity contribution in [3.8, 4) is 0 Å². The van der Waals surface area contributed by atoms with Gasteiger partial charge in [-0.05, 0) is 44.2 Å². The largest absolute Gasteiger partial charge is 0.395 e. The van der Waals surface area contributed by atoms with Crippen LogP contribution in [0.1, 0.15) is 47.5 Å². The van der Waals surface area contributed by atoms with Gasteiger partial charge in [0, 0.05) is 27.8 Å². The number of alkyl halides is 1. The van der Waals surface area contributed by atoms with Crippen LogP contribution in [-0.2, 0) is 14.4 Å². The van der Waals surface area contributed by atoms with Gasteiger partial charge in [0.1, 0.15) is 6.04 Å². The van der Waals surface area contributed by atoms with Crippen molar-refractivity contribution >= 4 is 51.1 Å². The number of carbonyl (C=O) groups is 3. The van der Waals surface area contributed by atoms with Crippen LogP contribution in [0, 0.1) is 17.3 Å². The van der Waals surface area contributed by atoms with E-state index < -0.39 is 28.2 Å². The molecule has 7 nitrogen and oxygen atoms in total. The molecule has 0 saturated carbocycles. The molecule has 1 aromatic rings. The third-order valence-corrected chi connectivity index (χ3v) is 10.4. The van der Waals surface area contributed by atoms with E-state index >= 15 is 0 Å². The molecule has 3 unspecified atom stereocenters. The summed E-state index contributed by atoms with van der Waals surface area (Å²) in [5.41, 5.74) is 0.217. The Balaban J connectivity index is 1.66. The number of thioether (sulfide) groups is 1. The number of para-hydroxylation sites is 1. The van der Waals surface area contributed by atoms with Crippen LogP contribution >= 0.6 is 27.7 Å². The van der Waals surface area contributed by atoms with Gasteiger partial charge in [0.15, 0.2) is 0 Å². The lowest BCUT2D eigenvalue weighted by Crippen LogP contribution is -2.58. The third kappa shape index (κ3) is 4.88. The highest BCUT2D eigenvalue weighted by Crippen LogP contribution is 2.67. The molecule has 9 heteroatoms. The molecule has 3 N–H and O–H groups in total. The van der Waals surface area contributed by atoms with Crippen molar-refractivity contribution in [1.29, 1.82) is 0 Å². The molecule has 3 amide bonds. The number of hydrogen-bond acceptors (Lipinski definition) is 5. The summed E-state index contributed by atoms with van der Waals surface area (Å²) in [4.78, 5) is 42.7. The molecule has 3 aliphatic heterocycles. The van der Waals surface area contributed by atoms with Crippen molar-refractivity contribution in [3.63, 3.8) is 0 Å². The van der Waals surface area contributed by atoms with E-state index in [1.807, 2.05) is 44.2 Å². The van der Waals surface area contributed by atoms with Crippen LogP contribution in [0.3, 0.4) is 0 Å². The van der Waals surface area contributed by atoms with Gasteiger partial charge in [-0.3, -0.25) is 14.4 Å². The molecule has 3 heterocycles. The van der Waals surface area contributed by atoms with Crippen LogP contribution in [0.2, 0.25) is 0 Å². The number of amides is 3. The Hall–Kier alpha value is -1.58. The van der Waals surface area contributed by atoms with E-state index in [0.29, 0.717) is 12.1 Å². The van der Waals surface area contributed by atoms with Gasteiger partial charge in [0.25, 0.3) is 0 Å². The number of aliphatic hydroxyl groups is 1. The maximum absolute atomic E-state index is 13.9. The average molecular weight is 567 g/mol. The molecule has 6 atom stereocenters. The zero-order valence-electron chi connectivity index (χ0n) is 21.0. The van der Waals surface area contributed by atoms with E-state index in [4.69, 9.17) is 0 Å². The van der Waals surface area contributed by atoms with Crippen molar-refractivity contribution in [2.45, 2.75) is 73.9 Å². The lowest BCUT2D eigenvalue weighted by Gasteiger charge is -2.39. The molecule has 3 fully saturated rings. The van der Waals surface area contributed by atoms with Crippen LogP contribution in [0.15, 0.2) is 30.3 Å². The number of carbonyl (C=O) groups excluding carboxylic acids is 3. The molecule has 0 aromatic heterocycles. The van der Waals surface area contributed by atoms with Crippen molar-refractivity contribution in [1.82, 2.24) is 10.2 Å². The van der Waals surface area contributed by atoms with Gasteiger partial charge >= 0.3 is 0 Å². The summed E-state index contributed by atoms with van der Waals surface area (Å²) in [6, 6.07) is 8.48. The predicted octanol–water partition coefficient (Wildman–Crippen LogP) is 3.41. The molecule has 3 saturated heterocycles. The molecule has 192 valence electrons. The summed E-state index contributed by atoms with van der Waals surface area (Å²) in [6.45, 7) is 10.2. The van der Waals surface area contributed by atoms with Crippen LogP contribution in [0.25, 0.3) is 0 Å². The highest BCUT2D eigenvalue weighted by Gasteiger charge is 2.75. The van der Waals surface area contributed by atoms with E-state index in [2.05, 4.69) is 47.3 Å². The summed E-state index contributed by atoms with van der Waals surface area (Å²) in [5.74, 6) is -1.79. The summed E-state index contributed by atoms with van der Waals surface area (Å²) in [7, 11) is 0. The van der Waals surface area contributed by atoms with Crippen molar-refractivity contribution in [3.05, 3.63) is 30.3 Å². The molecule has 1 spiro atoms. The first-order valence-corrected chi connectivity index (χ1v) is 14.0. The number of aliphatic hydroxyl groups excluding tert-OH is 1. The average Bonchev–Trinajstić information content (AvgIpc) is 3.30. The first-order chi connectivity index (χ1) is 16.3. The van der Waals surface area contributed by atoms with Crippen molar-refractivity contribution < 1.29 is 19.5 Å². The first kappa shape index (κ1) is 26.5. The van der Waals surface area contributed by atoms with Crippen LogP contribution in [-0.4, -0.2) is 67.3 Å². The van der Waals surface area contributed by atoms with Gasteiger partial charge < -0.3 is 20.6 Å². The number of likely N-dealkylation sites (tertiary alicyclic amines) is 1. The number of rotatable bonds is 7. The van der Waals surface area contributed by atoms with Crippen LogP contribution in [0.5, 0.6) is 0 Å². The summed E-state index contributed by atoms with van der Waals surface area (Å²) in [5, 5.41) is 15.8. The molecule has 1 aromatic carbocycles. The number of fused-ring (bicyclic) bond motifs is 1. The lowest BCUT2D eigenvalue weighted by molar-refractivity contribution is -0.139. The maximum atomic E-state index is 13.9. The molecule has 3 aliphatic rings. The molecule has 0 radical (unpaired) electrons. The second-order valence-corrected chi connectivity index (χ2v) is 14.6. The number of benzene rings is 1. The fourth-order valence-electron chi connectivity index (χ4n) is 6.60. The fourth-order valence-corrected chi connectivity index (χ4v) is 10.2.